The molecule has 5 nitrogen and oxygen atoms in total. The molecule has 82 valence electrons. The quantitative estimate of drug-likeness (QED) is 0.783. The van der Waals surface area contributed by atoms with Crippen LogP contribution in [0, 0.1) is 6.92 Å². The Kier molecular flexibility index (Phi) is 3.49. The average Bonchev–Trinajstić information content (AvgIpc) is 2.49. The van der Waals surface area contributed by atoms with Gasteiger partial charge >= 0.3 is 5.97 Å². The summed E-state index contributed by atoms with van der Waals surface area (Å²) in [5, 5.41) is 11.0. The predicted octanol–water partition coefficient (Wildman–Crippen LogP) is 1.18. The summed E-state index contributed by atoms with van der Waals surface area (Å²) in [5.74, 6) is -0.494. The van der Waals surface area contributed by atoms with Crippen LogP contribution in [0.3, 0.4) is 0 Å². The fourth-order valence-corrected chi connectivity index (χ4v) is 1.16. The minimum absolute atomic E-state index is 0.106. The molecule has 0 saturated heterocycles. The largest absolute Gasteiger partial charge is 0.481 e. The van der Waals surface area contributed by atoms with Gasteiger partial charge in [-0.3, -0.25) is 9.59 Å². The second kappa shape index (κ2) is 4.63. The van der Waals surface area contributed by atoms with Gasteiger partial charge < -0.3 is 14.8 Å². The smallest absolute Gasteiger partial charge is 0.305 e. The van der Waals surface area contributed by atoms with Crippen molar-refractivity contribution in [3.8, 4) is 0 Å². The Labute approximate surface area is 87.1 Å². The van der Waals surface area contributed by atoms with E-state index in [4.69, 9.17) is 9.52 Å². The molecular formula is C10H13NO4. The molecule has 1 aromatic heterocycles. The molecule has 0 fully saturated rings. The molecule has 1 aromatic rings. The van der Waals surface area contributed by atoms with Crippen molar-refractivity contribution < 1.29 is 19.1 Å². The number of rotatable bonds is 4. The van der Waals surface area contributed by atoms with Crippen LogP contribution in [-0.4, -0.2) is 23.0 Å². The molecule has 5 heteroatoms. The monoisotopic (exact) mass is 211 g/mol. The summed E-state index contributed by atoms with van der Waals surface area (Å²) in [6, 6.07) is 2.81. The molecule has 0 bridgehead atoms. The first-order valence-electron chi connectivity index (χ1n) is 4.58. The number of carbonyl (C=O) groups excluding carboxylic acids is 1. The summed E-state index contributed by atoms with van der Waals surface area (Å²) >= 11 is 0. The number of amides is 1. The molecule has 1 unspecified atom stereocenters. The van der Waals surface area contributed by atoms with Gasteiger partial charge in [0, 0.05) is 6.04 Å². The molecule has 1 amide bonds. The Morgan fingerprint density at radius 2 is 2.20 bits per heavy atom. The zero-order valence-corrected chi connectivity index (χ0v) is 8.61. The summed E-state index contributed by atoms with van der Waals surface area (Å²) in [6.45, 7) is 3.36. The number of furan rings is 1. The van der Waals surface area contributed by atoms with Crippen LogP contribution in [0.4, 0.5) is 0 Å². The fraction of sp³-hybridized carbons (Fsp3) is 0.400. The molecule has 0 radical (unpaired) electrons. The molecule has 0 saturated carbocycles. The first-order chi connectivity index (χ1) is 6.99. The summed E-state index contributed by atoms with van der Waals surface area (Å²) in [4.78, 5) is 21.8. The maximum absolute atomic E-state index is 11.5. The summed E-state index contributed by atoms with van der Waals surface area (Å²) in [6.07, 6.45) is -0.106. The van der Waals surface area contributed by atoms with E-state index in [1.807, 2.05) is 0 Å². The van der Waals surface area contributed by atoms with Gasteiger partial charge in [-0.2, -0.15) is 0 Å². The number of carbonyl (C=O) groups is 2. The lowest BCUT2D eigenvalue weighted by Crippen LogP contribution is -2.33. The van der Waals surface area contributed by atoms with Gasteiger partial charge in [-0.25, -0.2) is 0 Å². The van der Waals surface area contributed by atoms with Crippen LogP contribution in [0.1, 0.15) is 29.7 Å². The van der Waals surface area contributed by atoms with E-state index in [1.165, 1.54) is 0 Å². The standard InChI is InChI=1S/C10H13NO4/c1-6(5-9(12)13)11-10(14)8-4-3-7(2)15-8/h3-4,6H,5H2,1-2H3,(H,11,14)(H,12,13). The van der Waals surface area contributed by atoms with E-state index in [1.54, 1.807) is 26.0 Å². The molecule has 1 rings (SSSR count). The Morgan fingerprint density at radius 1 is 1.53 bits per heavy atom. The highest BCUT2D eigenvalue weighted by molar-refractivity contribution is 5.91. The van der Waals surface area contributed by atoms with Crippen molar-refractivity contribution >= 4 is 11.9 Å². The van der Waals surface area contributed by atoms with Crippen molar-refractivity contribution in [1.82, 2.24) is 5.32 Å². The van der Waals surface area contributed by atoms with E-state index in [2.05, 4.69) is 5.32 Å². The molecule has 0 aliphatic carbocycles. The van der Waals surface area contributed by atoms with Crippen LogP contribution >= 0.6 is 0 Å². The highest BCUT2D eigenvalue weighted by Crippen LogP contribution is 2.06. The van der Waals surface area contributed by atoms with Gasteiger partial charge in [0.2, 0.25) is 0 Å². The Balaban J connectivity index is 2.52. The van der Waals surface area contributed by atoms with Gasteiger partial charge in [-0.05, 0) is 26.0 Å². The van der Waals surface area contributed by atoms with Crippen molar-refractivity contribution in [1.29, 1.82) is 0 Å². The van der Waals surface area contributed by atoms with Crippen LogP contribution in [0.15, 0.2) is 16.5 Å². The Bertz CT molecular complexity index is 369. The lowest BCUT2D eigenvalue weighted by atomic mass is 10.2. The average molecular weight is 211 g/mol. The Morgan fingerprint density at radius 3 is 2.67 bits per heavy atom. The number of nitrogens with one attached hydrogen (secondary N) is 1. The number of carboxylic acids is 1. The number of aryl methyl sites for hydroxylation is 1. The number of carboxylic acid groups (broad SMARTS) is 1. The van der Waals surface area contributed by atoms with Gasteiger partial charge in [0.1, 0.15) is 5.76 Å². The van der Waals surface area contributed by atoms with Gasteiger partial charge in [-0.15, -0.1) is 0 Å². The van der Waals surface area contributed by atoms with E-state index in [9.17, 15) is 9.59 Å². The second-order valence-electron chi connectivity index (χ2n) is 3.38. The molecular weight excluding hydrogens is 198 g/mol. The lowest BCUT2D eigenvalue weighted by Gasteiger charge is -2.09. The van der Waals surface area contributed by atoms with E-state index < -0.39 is 17.9 Å². The van der Waals surface area contributed by atoms with Gasteiger partial charge in [-0.1, -0.05) is 0 Å². The van der Waals surface area contributed by atoms with Crippen LogP contribution in [0.2, 0.25) is 0 Å². The van der Waals surface area contributed by atoms with Crippen molar-refractivity contribution in [3.63, 3.8) is 0 Å². The number of hydrogen-bond acceptors (Lipinski definition) is 3. The maximum atomic E-state index is 11.5. The summed E-state index contributed by atoms with van der Waals surface area (Å²) < 4.78 is 5.09. The van der Waals surface area contributed by atoms with Crippen LogP contribution in [0.5, 0.6) is 0 Å². The third kappa shape index (κ3) is 3.46. The molecule has 0 aliphatic heterocycles. The maximum Gasteiger partial charge on any atom is 0.305 e. The molecule has 0 aliphatic rings. The first-order valence-corrected chi connectivity index (χ1v) is 4.58. The predicted molar refractivity (Wildman–Crippen MR) is 52.6 cm³/mol. The minimum atomic E-state index is -0.946. The van der Waals surface area contributed by atoms with Crippen LogP contribution in [-0.2, 0) is 4.79 Å². The van der Waals surface area contributed by atoms with E-state index in [-0.39, 0.29) is 12.2 Å². The highest BCUT2D eigenvalue weighted by atomic mass is 16.4. The van der Waals surface area contributed by atoms with Crippen LogP contribution in [0.25, 0.3) is 0 Å². The molecule has 2 N–H and O–H groups in total. The van der Waals surface area contributed by atoms with E-state index in [0.29, 0.717) is 5.76 Å². The summed E-state index contributed by atoms with van der Waals surface area (Å²) in [7, 11) is 0. The molecule has 1 heterocycles. The third-order valence-corrected chi connectivity index (χ3v) is 1.82. The summed E-state index contributed by atoms with van der Waals surface area (Å²) in [5.41, 5.74) is 0. The number of hydrogen-bond donors (Lipinski definition) is 2. The highest BCUT2D eigenvalue weighted by Gasteiger charge is 2.14. The van der Waals surface area contributed by atoms with Gasteiger partial charge in [0.15, 0.2) is 5.76 Å². The molecule has 1 atom stereocenters. The molecule has 15 heavy (non-hydrogen) atoms. The van der Waals surface area contributed by atoms with E-state index >= 15 is 0 Å². The zero-order valence-electron chi connectivity index (χ0n) is 8.61. The number of aliphatic carboxylic acids is 1. The van der Waals surface area contributed by atoms with Crippen LogP contribution < -0.4 is 5.32 Å². The van der Waals surface area contributed by atoms with E-state index in [0.717, 1.165) is 0 Å². The zero-order chi connectivity index (χ0) is 11.4. The topological polar surface area (TPSA) is 79.5 Å². The Hall–Kier alpha value is -1.78. The minimum Gasteiger partial charge on any atom is -0.481 e. The van der Waals surface area contributed by atoms with Gasteiger partial charge in [0.25, 0.3) is 5.91 Å². The van der Waals surface area contributed by atoms with Crippen molar-refractivity contribution in [2.75, 3.05) is 0 Å². The first kappa shape index (κ1) is 11.3. The van der Waals surface area contributed by atoms with Crippen molar-refractivity contribution in [3.05, 3.63) is 23.7 Å². The van der Waals surface area contributed by atoms with Crippen molar-refractivity contribution in [2.45, 2.75) is 26.3 Å². The van der Waals surface area contributed by atoms with Crippen molar-refractivity contribution in [2.24, 2.45) is 0 Å². The lowest BCUT2D eigenvalue weighted by molar-refractivity contribution is -0.137. The second-order valence-corrected chi connectivity index (χ2v) is 3.38. The fourth-order valence-electron chi connectivity index (χ4n) is 1.16. The third-order valence-electron chi connectivity index (χ3n) is 1.82. The molecule has 0 spiro atoms. The SMILES string of the molecule is Cc1ccc(C(=O)NC(C)CC(=O)O)o1. The normalized spacial score (nSPS) is 12.1. The molecule has 0 aromatic carbocycles. The van der Waals surface area contributed by atoms with Gasteiger partial charge in [0.05, 0.1) is 6.42 Å².